The summed E-state index contributed by atoms with van der Waals surface area (Å²) in [6.07, 6.45) is -3.43. The zero-order valence-corrected chi connectivity index (χ0v) is 7.69. The van der Waals surface area contributed by atoms with Crippen molar-refractivity contribution < 1.29 is 18.0 Å². The SMILES string of the molecule is O=Cc1ncc(C(F)(F)F)cc1Br. The molecule has 1 rings (SSSR count). The highest BCUT2D eigenvalue weighted by atomic mass is 79.9. The van der Waals surface area contributed by atoms with Gasteiger partial charge in [-0.3, -0.25) is 9.78 Å². The van der Waals surface area contributed by atoms with E-state index in [2.05, 4.69) is 20.9 Å². The van der Waals surface area contributed by atoms with Crippen LogP contribution in [0.4, 0.5) is 13.2 Å². The second-order valence-electron chi connectivity index (χ2n) is 2.21. The van der Waals surface area contributed by atoms with Gasteiger partial charge in [0.2, 0.25) is 0 Å². The van der Waals surface area contributed by atoms with E-state index in [0.717, 1.165) is 6.07 Å². The smallest absolute Gasteiger partial charge is 0.296 e. The van der Waals surface area contributed by atoms with Gasteiger partial charge >= 0.3 is 6.18 Å². The molecule has 0 aliphatic heterocycles. The number of aromatic nitrogens is 1. The van der Waals surface area contributed by atoms with Gasteiger partial charge in [0.05, 0.1) is 5.56 Å². The first kappa shape index (κ1) is 10.2. The quantitative estimate of drug-likeness (QED) is 0.721. The van der Waals surface area contributed by atoms with Gasteiger partial charge in [-0.15, -0.1) is 0 Å². The summed E-state index contributed by atoms with van der Waals surface area (Å²) in [5.41, 5.74) is -0.932. The van der Waals surface area contributed by atoms with Crippen molar-refractivity contribution >= 4 is 22.2 Å². The lowest BCUT2D eigenvalue weighted by Gasteiger charge is -2.06. The molecule has 0 saturated carbocycles. The van der Waals surface area contributed by atoms with Gasteiger partial charge in [0, 0.05) is 10.7 Å². The molecule has 0 saturated heterocycles. The number of carbonyl (C=O) groups excluding carboxylic acids is 1. The van der Waals surface area contributed by atoms with Crippen LogP contribution in [-0.4, -0.2) is 11.3 Å². The summed E-state index contributed by atoms with van der Waals surface area (Å²) < 4.78 is 36.2. The van der Waals surface area contributed by atoms with Crippen LogP contribution in [0, 0.1) is 0 Å². The predicted octanol–water partition coefficient (Wildman–Crippen LogP) is 2.68. The number of carbonyl (C=O) groups is 1. The van der Waals surface area contributed by atoms with Crippen molar-refractivity contribution in [1.82, 2.24) is 4.98 Å². The van der Waals surface area contributed by atoms with Crippen molar-refractivity contribution in [2.24, 2.45) is 0 Å². The van der Waals surface area contributed by atoms with Gasteiger partial charge in [-0.05, 0) is 22.0 Å². The zero-order valence-electron chi connectivity index (χ0n) is 6.10. The second kappa shape index (κ2) is 3.45. The van der Waals surface area contributed by atoms with E-state index in [-0.39, 0.29) is 10.2 Å². The minimum absolute atomic E-state index is 0.0392. The summed E-state index contributed by atoms with van der Waals surface area (Å²) in [4.78, 5) is 13.5. The molecule has 1 aromatic heterocycles. The van der Waals surface area contributed by atoms with Crippen molar-refractivity contribution in [3.05, 3.63) is 28.0 Å². The van der Waals surface area contributed by atoms with Gasteiger partial charge in [-0.1, -0.05) is 0 Å². The minimum Gasteiger partial charge on any atom is -0.296 e. The van der Waals surface area contributed by atoms with Crippen molar-refractivity contribution in [3.63, 3.8) is 0 Å². The first-order chi connectivity index (χ1) is 5.95. The fraction of sp³-hybridized carbons (Fsp3) is 0.143. The maximum absolute atomic E-state index is 12.1. The van der Waals surface area contributed by atoms with Crippen LogP contribution < -0.4 is 0 Å². The third kappa shape index (κ3) is 2.27. The number of pyridine rings is 1. The number of halogens is 4. The number of aldehydes is 1. The fourth-order valence-corrected chi connectivity index (χ4v) is 1.13. The molecule has 1 heterocycles. The van der Waals surface area contributed by atoms with Crippen molar-refractivity contribution in [2.45, 2.75) is 6.18 Å². The fourth-order valence-electron chi connectivity index (χ4n) is 0.690. The number of hydrogen-bond donors (Lipinski definition) is 0. The van der Waals surface area contributed by atoms with Crippen molar-refractivity contribution in [3.8, 4) is 0 Å². The van der Waals surface area contributed by atoms with Gasteiger partial charge in [0.15, 0.2) is 6.29 Å². The van der Waals surface area contributed by atoms with Crippen molar-refractivity contribution in [1.29, 1.82) is 0 Å². The Morgan fingerprint density at radius 3 is 2.46 bits per heavy atom. The molecule has 0 N–H and O–H groups in total. The molecule has 0 aliphatic rings. The van der Waals surface area contributed by atoms with E-state index < -0.39 is 11.7 Å². The molecule has 0 aromatic carbocycles. The average Bonchev–Trinajstić information content (AvgIpc) is 2.02. The summed E-state index contributed by atoms with van der Waals surface area (Å²) in [5, 5.41) is 0. The van der Waals surface area contributed by atoms with Gasteiger partial charge < -0.3 is 0 Å². The first-order valence-corrected chi connectivity index (χ1v) is 3.92. The topological polar surface area (TPSA) is 30.0 Å². The van der Waals surface area contributed by atoms with Crippen LogP contribution in [0.2, 0.25) is 0 Å². The number of rotatable bonds is 1. The molecule has 0 amide bonds. The van der Waals surface area contributed by atoms with Crippen LogP contribution in [0.5, 0.6) is 0 Å². The molecule has 0 fully saturated rings. The molecule has 0 radical (unpaired) electrons. The molecule has 0 aliphatic carbocycles. The van der Waals surface area contributed by atoms with Crippen LogP contribution in [-0.2, 0) is 6.18 Å². The summed E-state index contributed by atoms with van der Waals surface area (Å²) in [7, 11) is 0. The second-order valence-corrected chi connectivity index (χ2v) is 3.06. The third-order valence-electron chi connectivity index (χ3n) is 1.31. The molecule has 2 nitrogen and oxygen atoms in total. The van der Waals surface area contributed by atoms with Crippen LogP contribution >= 0.6 is 15.9 Å². The molecule has 0 unspecified atom stereocenters. The van der Waals surface area contributed by atoms with Gasteiger partial charge in [-0.2, -0.15) is 13.2 Å². The van der Waals surface area contributed by atoms with Crippen molar-refractivity contribution in [2.75, 3.05) is 0 Å². The van der Waals surface area contributed by atoms with Gasteiger partial charge in [-0.25, -0.2) is 0 Å². The highest BCUT2D eigenvalue weighted by Crippen LogP contribution is 2.30. The monoisotopic (exact) mass is 253 g/mol. The zero-order chi connectivity index (χ0) is 10.1. The molecular formula is C7H3BrF3NO. The standard InChI is InChI=1S/C7H3BrF3NO/c8-5-1-4(7(9,10)11)2-12-6(5)3-13/h1-3H. The number of alkyl halides is 3. The van der Waals surface area contributed by atoms with E-state index in [9.17, 15) is 18.0 Å². The third-order valence-corrected chi connectivity index (χ3v) is 1.94. The van der Waals surface area contributed by atoms with Gasteiger partial charge in [0.1, 0.15) is 5.69 Å². The summed E-state index contributed by atoms with van der Waals surface area (Å²) in [6, 6.07) is 0.816. The lowest BCUT2D eigenvalue weighted by molar-refractivity contribution is -0.137. The highest BCUT2D eigenvalue weighted by Gasteiger charge is 2.31. The maximum Gasteiger partial charge on any atom is 0.417 e. The maximum atomic E-state index is 12.1. The Morgan fingerprint density at radius 1 is 1.46 bits per heavy atom. The highest BCUT2D eigenvalue weighted by molar-refractivity contribution is 9.10. The Labute approximate surface area is 79.9 Å². The van der Waals surface area contributed by atoms with Crippen LogP contribution in [0.15, 0.2) is 16.7 Å². The van der Waals surface area contributed by atoms with E-state index in [4.69, 9.17) is 0 Å². The predicted molar refractivity (Wildman–Crippen MR) is 42.3 cm³/mol. The van der Waals surface area contributed by atoms with E-state index in [1.807, 2.05) is 0 Å². The van der Waals surface area contributed by atoms with Crippen LogP contribution in [0.1, 0.15) is 16.1 Å². The molecule has 70 valence electrons. The van der Waals surface area contributed by atoms with E-state index in [1.54, 1.807) is 0 Å². The Bertz CT molecular complexity index is 337. The number of hydrogen-bond acceptors (Lipinski definition) is 2. The van der Waals surface area contributed by atoms with E-state index >= 15 is 0 Å². The Kier molecular flexibility index (Phi) is 2.70. The Balaban J connectivity index is 3.17. The van der Waals surface area contributed by atoms with Gasteiger partial charge in [0.25, 0.3) is 0 Å². The van der Waals surface area contributed by atoms with Crippen LogP contribution in [0.25, 0.3) is 0 Å². The lowest BCUT2D eigenvalue weighted by Crippen LogP contribution is -2.06. The molecule has 0 spiro atoms. The van der Waals surface area contributed by atoms with E-state index in [1.165, 1.54) is 0 Å². The largest absolute Gasteiger partial charge is 0.417 e. The molecule has 1 aromatic rings. The lowest BCUT2D eigenvalue weighted by atomic mass is 10.2. The van der Waals surface area contributed by atoms with Crippen LogP contribution in [0.3, 0.4) is 0 Å². The number of nitrogens with zero attached hydrogens (tertiary/aromatic N) is 1. The normalized spacial score (nSPS) is 11.4. The summed E-state index contributed by atoms with van der Waals surface area (Å²) in [6.45, 7) is 0. The molecule has 6 heteroatoms. The molecule has 13 heavy (non-hydrogen) atoms. The summed E-state index contributed by atoms with van der Waals surface area (Å²) >= 11 is 2.81. The Hall–Kier alpha value is -0.910. The molecule has 0 atom stereocenters. The first-order valence-electron chi connectivity index (χ1n) is 3.13. The average molecular weight is 254 g/mol. The Morgan fingerprint density at radius 2 is 2.08 bits per heavy atom. The minimum atomic E-state index is -4.43. The molecule has 0 bridgehead atoms. The summed E-state index contributed by atoms with van der Waals surface area (Å²) in [5.74, 6) is 0. The molecular weight excluding hydrogens is 251 g/mol. The van der Waals surface area contributed by atoms with E-state index in [0.29, 0.717) is 12.5 Å².